The van der Waals surface area contributed by atoms with Crippen LogP contribution in [0.5, 0.6) is 0 Å². The van der Waals surface area contributed by atoms with Gasteiger partial charge in [-0.3, -0.25) is 4.55 Å². The number of azo groups is 1. The van der Waals surface area contributed by atoms with Crippen molar-refractivity contribution in [3.05, 3.63) is 66.2 Å². The van der Waals surface area contributed by atoms with E-state index >= 15 is 0 Å². The summed E-state index contributed by atoms with van der Waals surface area (Å²) in [6.07, 6.45) is 0. The second-order valence-corrected chi connectivity index (χ2v) is 6.57. The molecule has 3 aromatic carbocycles. The number of hydrogen-bond acceptors (Lipinski definition) is 4. The van der Waals surface area contributed by atoms with Crippen LogP contribution in [0.4, 0.5) is 11.4 Å². The minimum absolute atomic E-state index is 0. The topological polar surface area (TPSA) is 79.1 Å². The fourth-order valence-corrected chi connectivity index (χ4v) is 2.99. The summed E-state index contributed by atoms with van der Waals surface area (Å²) in [5.41, 5.74) is 2.14. The summed E-state index contributed by atoms with van der Waals surface area (Å²) in [5, 5.41) is 9.29. The zero-order chi connectivity index (χ0) is 16.4. The zero-order valence-corrected chi connectivity index (χ0v) is 13.2. The van der Waals surface area contributed by atoms with Crippen LogP contribution < -0.4 is 0 Å². The van der Waals surface area contributed by atoms with Gasteiger partial charge in [0.15, 0.2) is 0 Å². The van der Waals surface area contributed by atoms with Gasteiger partial charge in [-0.25, -0.2) is 0 Å². The van der Waals surface area contributed by atoms with E-state index < -0.39 is 10.1 Å². The fourth-order valence-electron chi connectivity index (χ4n) is 2.26. The van der Waals surface area contributed by atoms with Crippen molar-refractivity contribution in [3.63, 3.8) is 0 Å². The molecule has 7 heteroatoms. The van der Waals surface area contributed by atoms with Crippen molar-refractivity contribution in [2.75, 3.05) is 0 Å². The molecule has 0 amide bonds. The number of hydrogen-bond donors (Lipinski definition) is 1. The van der Waals surface area contributed by atoms with Crippen molar-refractivity contribution in [1.82, 2.24) is 0 Å². The van der Waals surface area contributed by atoms with Gasteiger partial charge in [0.05, 0.1) is 11.4 Å². The average molecular weight is 350 g/mol. The molecule has 0 atom stereocenters. The third-order valence-corrected chi connectivity index (χ3v) is 4.30. The summed E-state index contributed by atoms with van der Waals surface area (Å²) in [4.78, 5) is -0.173. The molecule has 5 nitrogen and oxygen atoms in total. The number of fused-ring (bicyclic) bond motifs is 1. The molecule has 0 unspecified atom stereocenters. The molecule has 3 aromatic rings. The standard InChI is InChI=1S/C17H14N2O3S.Na.H/c1-12-6-8-14(9-7-12)18-19-15-10-13-4-2-3-5-16(13)17(11-15)23(20,21)22;;/h2-11H,1H3,(H,20,21,22);;. The first-order valence-electron chi connectivity index (χ1n) is 6.92. The van der Waals surface area contributed by atoms with Gasteiger partial charge in [-0.05, 0) is 36.6 Å². The van der Waals surface area contributed by atoms with Crippen LogP contribution in [0, 0.1) is 6.92 Å². The average Bonchev–Trinajstić information content (AvgIpc) is 2.52. The number of aryl methyl sites for hydroxylation is 1. The number of benzene rings is 3. The van der Waals surface area contributed by atoms with Crippen LogP contribution >= 0.6 is 0 Å². The molecule has 0 heterocycles. The van der Waals surface area contributed by atoms with Crippen molar-refractivity contribution in [3.8, 4) is 0 Å². The first kappa shape index (κ1) is 18.8. The van der Waals surface area contributed by atoms with E-state index in [0.29, 0.717) is 22.1 Å². The number of nitrogens with zero attached hydrogens (tertiary/aromatic N) is 2. The first-order chi connectivity index (χ1) is 10.9. The van der Waals surface area contributed by atoms with Crippen molar-refractivity contribution in [1.29, 1.82) is 0 Å². The number of rotatable bonds is 3. The van der Waals surface area contributed by atoms with Crippen LogP contribution in [0.1, 0.15) is 5.56 Å². The Kier molecular flexibility index (Phi) is 5.90. The van der Waals surface area contributed by atoms with Gasteiger partial charge >= 0.3 is 29.6 Å². The molecule has 0 aliphatic carbocycles. The monoisotopic (exact) mass is 350 g/mol. The molecular formula is C17H15N2NaO3S. The summed E-state index contributed by atoms with van der Waals surface area (Å²) in [7, 11) is -4.34. The maximum absolute atomic E-state index is 11.6. The fraction of sp³-hybridized carbons (Fsp3) is 0.0588. The van der Waals surface area contributed by atoms with E-state index in [2.05, 4.69) is 10.2 Å². The second-order valence-electron chi connectivity index (χ2n) is 5.18. The summed E-state index contributed by atoms with van der Waals surface area (Å²) in [5.74, 6) is 0. The molecule has 3 rings (SSSR count). The van der Waals surface area contributed by atoms with Gasteiger partial charge in [-0.2, -0.15) is 18.6 Å². The van der Waals surface area contributed by atoms with Crippen molar-refractivity contribution in [2.45, 2.75) is 11.8 Å². The molecular weight excluding hydrogens is 335 g/mol. The minimum atomic E-state index is -4.34. The van der Waals surface area contributed by atoms with E-state index in [-0.39, 0.29) is 34.5 Å². The van der Waals surface area contributed by atoms with Gasteiger partial charge in [-0.15, -0.1) is 0 Å². The molecule has 0 fully saturated rings. The van der Waals surface area contributed by atoms with Gasteiger partial charge in [0, 0.05) is 5.39 Å². The Hall–Kier alpha value is -1.57. The molecule has 0 aliphatic heterocycles. The molecule has 1 N–H and O–H groups in total. The van der Waals surface area contributed by atoms with Gasteiger partial charge in [-0.1, -0.05) is 42.0 Å². The quantitative estimate of drug-likeness (QED) is 0.437. The maximum atomic E-state index is 11.6. The Balaban J connectivity index is 0.00000208. The molecule has 24 heavy (non-hydrogen) atoms. The normalized spacial score (nSPS) is 11.6. The van der Waals surface area contributed by atoms with Crippen LogP contribution in [0.15, 0.2) is 75.8 Å². The van der Waals surface area contributed by atoms with E-state index in [1.807, 2.05) is 31.2 Å². The van der Waals surface area contributed by atoms with Crippen LogP contribution in [0.2, 0.25) is 0 Å². The molecule has 0 aliphatic rings. The van der Waals surface area contributed by atoms with Crippen molar-refractivity contribution < 1.29 is 13.0 Å². The summed E-state index contributed by atoms with van der Waals surface area (Å²) < 4.78 is 32.6. The SMILES string of the molecule is Cc1ccc(N=Nc2cc(S(=O)(=O)O)c3ccccc3c2)cc1.[NaH]. The Bertz CT molecular complexity index is 1000. The molecule has 0 radical (unpaired) electrons. The van der Waals surface area contributed by atoms with E-state index in [0.717, 1.165) is 5.56 Å². The van der Waals surface area contributed by atoms with E-state index in [9.17, 15) is 13.0 Å². The summed E-state index contributed by atoms with van der Waals surface area (Å²) in [6, 6.07) is 17.4. The van der Waals surface area contributed by atoms with E-state index in [4.69, 9.17) is 0 Å². The molecule has 0 bridgehead atoms. The third kappa shape index (κ3) is 4.28. The Labute approximate surface area is 162 Å². The van der Waals surface area contributed by atoms with Gasteiger partial charge < -0.3 is 0 Å². The van der Waals surface area contributed by atoms with Gasteiger partial charge in [0.1, 0.15) is 4.90 Å². The van der Waals surface area contributed by atoms with E-state index in [1.165, 1.54) is 6.07 Å². The predicted octanol–water partition coefficient (Wildman–Crippen LogP) is 4.16. The molecule has 0 spiro atoms. The van der Waals surface area contributed by atoms with Gasteiger partial charge in [0.25, 0.3) is 10.1 Å². The molecule has 0 saturated heterocycles. The van der Waals surface area contributed by atoms with Crippen LogP contribution in [-0.2, 0) is 10.1 Å². The third-order valence-electron chi connectivity index (χ3n) is 3.40. The predicted molar refractivity (Wildman–Crippen MR) is 96.3 cm³/mol. The van der Waals surface area contributed by atoms with Crippen LogP contribution in [0.3, 0.4) is 0 Å². The van der Waals surface area contributed by atoms with Crippen LogP contribution in [0.25, 0.3) is 10.8 Å². The van der Waals surface area contributed by atoms with Crippen LogP contribution in [-0.4, -0.2) is 42.5 Å². The molecule has 118 valence electrons. The summed E-state index contributed by atoms with van der Waals surface area (Å²) >= 11 is 0. The second kappa shape index (κ2) is 7.55. The van der Waals surface area contributed by atoms with E-state index in [1.54, 1.807) is 30.3 Å². The Morgan fingerprint density at radius 1 is 0.875 bits per heavy atom. The molecule has 0 saturated carbocycles. The van der Waals surface area contributed by atoms with Gasteiger partial charge in [0.2, 0.25) is 0 Å². The summed E-state index contributed by atoms with van der Waals surface area (Å²) in [6.45, 7) is 1.97. The Morgan fingerprint density at radius 3 is 2.17 bits per heavy atom. The van der Waals surface area contributed by atoms with Crippen molar-refractivity contribution >= 4 is 61.8 Å². The zero-order valence-electron chi connectivity index (χ0n) is 12.3. The first-order valence-corrected chi connectivity index (χ1v) is 8.36. The Morgan fingerprint density at radius 2 is 1.50 bits per heavy atom. The van der Waals surface area contributed by atoms with Crippen molar-refractivity contribution in [2.24, 2.45) is 10.2 Å². The molecule has 0 aromatic heterocycles.